The number of amides is 1. The predicted octanol–water partition coefficient (Wildman–Crippen LogP) is 2.20. The molecule has 22 heavy (non-hydrogen) atoms. The number of nitrogens with zero attached hydrogens (tertiary/aromatic N) is 5. The molecule has 0 saturated carbocycles. The molecule has 0 bridgehead atoms. The van der Waals surface area contributed by atoms with Crippen molar-refractivity contribution in [2.75, 3.05) is 13.1 Å². The van der Waals surface area contributed by atoms with Crippen LogP contribution in [0.1, 0.15) is 37.0 Å². The van der Waals surface area contributed by atoms with Crippen LogP contribution in [0.2, 0.25) is 5.02 Å². The summed E-state index contributed by atoms with van der Waals surface area (Å²) in [4.78, 5) is 22.9. The van der Waals surface area contributed by atoms with Crippen LogP contribution in [0, 0.1) is 19.8 Å². The van der Waals surface area contributed by atoms with Gasteiger partial charge in [-0.15, -0.1) is 5.10 Å². The first-order valence-corrected chi connectivity index (χ1v) is 7.99. The molecule has 0 aromatic carbocycles. The number of hydrogen-bond acceptors (Lipinski definition) is 4. The molecule has 0 aliphatic carbocycles. The highest BCUT2D eigenvalue weighted by molar-refractivity contribution is 6.31. The van der Waals surface area contributed by atoms with Crippen molar-refractivity contribution in [2.24, 2.45) is 5.92 Å². The molecule has 1 fully saturated rings. The summed E-state index contributed by atoms with van der Waals surface area (Å²) in [6, 6.07) is 0. The Bertz CT molecular complexity index is 718. The molecule has 0 radical (unpaired) electrons. The SMILES string of the molecule is Cc1nc2nc(CC(=O)N3CCC(C)CC3)nn2c(C)c1Cl. The first-order chi connectivity index (χ1) is 10.5. The quantitative estimate of drug-likeness (QED) is 0.850. The third-order valence-electron chi connectivity index (χ3n) is 4.30. The lowest BCUT2D eigenvalue weighted by Crippen LogP contribution is -2.38. The van der Waals surface area contributed by atoms with E-state index in [1.165, 1.54) is 0 Å². The molecular weight excluding hydrogens is 302 g/mol. The zero-order chi connectivity index (χ0) is 15.9. The van der Waals surface area contributed by atoms with Crippen LogP contribution in [0.15, 0.2) is 0 Å². The molecule has 0 N–H and O–H groups in total. The van der Waals surface area contributed by atoms with Crippen LogP contribution in [0.5, 0.6) is 0 Å². The monoisotopic (exact) mass is 321 g/mol. The van der Waals surface area contributed by atoms with Gasteiger partial charge in [-0.2, -0.15) is 9.50 Å². The van der Waals surface area contributed by atoms with E-state index in [4.69, 9.17) is 11.6 Å². The third-order valence-corrected chi connectivity index (χ3v) is 4.85. The van der Waals surface area contributed by atoms with Gasteiger partial charge in [0.05, 0.1) is 22.8 Å². The summed E-state index contributed by atoms with van der Waals surface area (Å²) in [5.74, 6) is 1.79. The van der Waals surface area contributed by atoms with Crippen LogP contribution >= 0.6 is 11.6 Å². The minimum Gasteiger partial charge on any atom is -0.342 e. The molecule has 0 spiro atoms. The van der Waals surface area contributed by atoms with Gasteiger partial charge in [-0.3, -0.25) is 4.79 Å². The Morgan fingerprint density at radius 2 is 1.95 bits per heavy atom. The Balaban J connectivity index is 1.79. The fourth-order valence-electron chi connectivity index (χ4n) is 2.78. The average molecular weight is 322 g/mol. The molecule has 3 rings (SSSR count). The Kier molecular flexibility index (Phi) is 4.04. The van der Waals surface area contributed by atoms with Gasteiger partial charge in [0.25, 0.3) is 5.78 Å². The average Bonchev–Trinajstić information content (AvgIpc) is 2.88. The number of piperidine rings is 1. The lowest BCUT2D eigenvalue weighted by molar-refractivity contribution is -0.131. The predicted molar refractivity (Wildman–Crippen MR) is 83.9 cm³/mol. The number of aryl methyl sites for hydroxylation is 2. The summed E-state index contributed by atoms with van der Waals surface area (Å²) < 4.78 is 1.61. The van der Waals surface area contributed by atoms with Crippen molar-refractivity contribution >= 4 is 23.3 Å². The Morgan fingerprint density at radius 3 is 2.64 bits per heavy atom. The number of carbonyl (C=O) groups is 1. The number of likely N-dealkylation sites (tertiary alicyclic amines) is 1. The maximum absolute atomic E-state index is 12.4. The van der Waals surface area contributed by atoms with E-state index in [1.54, 1.807) is 4.52 Å². The van der Waals surface area contributed by atoms with E-state index in [0.29, 0.717) is 22.5 Å². The van der Waals surface area contributed by atoms with Crippen LogP contribution < -0.4 is 0 Å². The van der Waals surface area contributed by atoms with Gasteiger partial charge in [-0.25, -0.2) is 4.98 Å². The van der Waals surface area contributed by atoms with Crippen molar-refractivity contribution in [3.8, 4) is 0 Å². The van der Waals surface area contributed by atoms with E-state index in [0.717, 1.165) is 37.3 Å². The maximum atomic E-state index is 12.4. The highest BCUT2D eigenvalue weighted by atomic mass is 35.5. The molecule has 2 aromatic rings. The van der Waals surface area contributed by atoms with Gasteiger partial charge >= 0.3 is 0 Å². The second-order valence-corrected chi connectivity index (χ2v) is 6.45. The zero-order valence-electron chi connectivity index (χ0n) is 13.1. The summed E-state index contributed by atoms with van der Waals surface area (Å²) in [6.45, 7) is 7.59. The van der Waals surface area contributed by atoms with Crippen molar-refractivity contribution in [1.82, 2.24) is 24.5 Å². The first-order valence-electron chi connectivity index (χ1n) is 7.62. The van der Waals surface area contributed by atoms with Crippen LogP contribution in [0.25, 0.3) is 5.78 Å². The molecule has 6 nitrogen and oxygen atoms in total. The van der Waals surface area contributed by atoms with E-state index in [2.05, 4.69) is 22.0 Å². The van der Waals surface area contributed by atoms with Gasteiger partial charge in [0, 0.05) is 13.1 Å². The summed E-state index contributed by atoms with van der Waals surface area (Å²) in [5.41, 5.74) is 1.52. The molecular formula is C15H20ClN5O. The largest absolute Gasteiger partial charge is 0.342 e. The standard InChI is InChI=1S/C15H20ClN5O/c1-9-4-6-20(7-5-9)13(22)8-12-18-15-17-10(2)14(16)11(3)21(15)19-12/h9H,4-8H2,1-3H3. The topological polar surface area (TPSA) is 63.4 Å². The maximum Gasteiger partial charge on any atom is 0.252 e. The van der Waals surface area contributed by atoms with Gasteiger partial charge in [-0.05, 0) is 32.6 Å². The third kappa shape index (κ3) is 2.79. The smallest absolute Gasteiger partial charge is 0.252 e. The van der Waals surface area contributed by atoms with Crippen molar-refractivity contribution in [3.63, 3.8) is 0 Å². The van der Waals surface area contributed by atoms with Crippen molar-refractivity contribution < 1.29 is 4.79 Å². The van der Waals surface area contributed by atoms with Crippen molar-refractivity contribution in [2.45, 2.75) is 40.0 Å². The molecule has 1 amide bonds. The molecule has 1 saturated heterocycles. The number of carbonyl (C=O) groups excluding carboxylic acids is 1. The second kappa shape index (κ2) is 5.83. The minimum absolute atomic E-state index is 0.0864. The highest BCUT2D eigenvalue weighted by Gasteiger charge is 2.22. The highest BCUT2D eigenvalue weighted by Crippen LogP contribution is 2.19. The van der Waals surface area contributed by atoms with Crippen molar-refractivity contribution in [3.05, 3.63) is 22.2 Å². The summed E-state index contributed by atoms with van der Waals surface area (Å²) in [5, 5.41) is 4.96. The molecule has 0 atom stereocenters. The van der Waals surface area contributed by atoms with Gasteiger partial charge < -0.3 is 4.90 Å². The number of hydrogen-bond donors (Lipinski definition) is 0. The van der Waals surface area contributed by atoms with E-state index in [-0.39, 0.29) is 12.3 Å². The molecule has 1 aliphatic heterocycles. The van der Waals surface area contributed by atoms with E-state index >= 15 is 0 Å². The van der Waals surface area contributed by atoms with Crippen LogP contribution in [0.4, 0.5) is 0 Å². The summed E-state index contributed by atoms with van der Waals surface area (Å²) >= 11 is 6.18. The lowest BCUT2D eigenvalue weighted by Gasteiger charge is -2.30. The van der Waals surface area contributed by atoms with Crippen LogP contribution in [-0.4, -0.2) is 43.5 Å². The van der Waals surface area contributed by atoms with Gasteiger partial charge in [0.2, 0.25) is 5.91 Å². The number of fused-ring (bicyclic) bond motifs is 1. The molecule has 7 heteroatoms. The Labute approximate surface area is 134 Å². The van der Waals surface area contributed by atoms with Crippen LogP contribution in [0.3, 0.4) is 0 Å². The number of rotatable bonds is 2. The zero-order valence-corrected chi connectivity index (χ0v) is 13.9. The van der Waals surface area contributed by atoms with Gasteiger partial charge in [0.1, 0.15) is 0 Å². The minimum atomic E-state index is 0.0864. The number of halogens is 1. The molecule has 118 valence electrons. The Morgan fingerprint density at radius 1 is 1.27 bits per heavy atom. The Hall–Kier alpha value is -1.69. The first kappa shape index (κ1) is 15.2. The summed E-state index contributed by atoms with van der Waals surface area (Å²) in [6.07, 6.45) is 2.35. The molecule has 1 aliphatic rings. The fraction of sp³-hybridized carbons (Fsp3) is 0.600. The molecule has 2 aromatic heterocycles. The number of aromatic nitrogens is 4. The second-order valence-electron chi connectivity index (χ2n) is 6.08. The summed E-state index contributed by atoms with van der Waals surface area (Å²) in [7, 11) is 0. The van der Waals surface area contributed by atoms with Crippen LogP contribution in [-0.2, 0) is 11.2 Å². The van der Waals surface area contributed by atoms with E-state index in [9.17, 15) is 4.79 Å². The van der Waals surface area contributed by atoms with E-state index in [1.807, 2.05) is 18.7 Å². The molecule has 0 unspecified atom stereocenters. The van der Waals surface area contributed by atoms with Crippen molar-refractivity contribution in [1.29, 1.82) is 0 Å². The normalized spacial score (nSPS) is 16.5. The van der Waals surface area contributed by atoms with E-state index < -0.39 is 0 Å². The van der Waals surface area contributed by atoms with Gasteiger partial charge in [-0.1, -0.05) is 18.5 Å². The fourth-order valence-corrected chi connectivity index (χ4v) is 2.90. The lowest BCUT2D eigenvalue weighted by atomic mass is 9.99. The van der Waals surface area contributed by atoms with Gasteiger partial charge in [0.15, 0.2) is 5.82 Å². The molecule has 3 heterocycles.